The average molecular weight is 851 g/mol. The Morgan fingerprint density at radius 3 is 1.05 bits per heavy atom. The van der Waals surface area contributed by atoms with Crippen molar-refractivity contribution in [2.45, 2.75) is 12.8 Å². The first-order chi connectivity index (χ1) is 26.0. The number of nitrogens with zero attached hydrogens (tertiary/aromatic N) is 6. The Labute approximate surface area is 346 Å². The number of nitro benzene ring substituents is 2. The third-order valence-corrected chi connectivity index (χ3v) is 7.87. The van der Waals surface area contributed by atoms with Gasteiger partial charge in [0.15, 0.2) is 0 Å². The standard InChI is InChI=1S/C40H32N6O8.2Zn/c1-3-9-25-11-5-13-27(37(25)47)21-41-31-19-32(42-22-28-14-6-12-26(10-4-2)38(28)48)34(44-24-30-16-8-18-36(40(30)50)46(53)54)20-33(31)43-23-29-15-7-17-35(39(29)49)45(51)52;;/h3-8,11-24,47-50H,1-2,9-10H2;;/q;2*+2/p-4. The second-order valence-electron chi connectivity index (χ2n) is 11.4. The molecule has 0 spiro atoms. The van der Waals surface area contributed by atoms with Crippen molar-refractivity contribution < 1.29 is 69.2 Å². The van der Waals surface area contributed by atoms with E-state index in [4.69, 9.17) is 0 Å². The number of benzene rings is 5. The van der Waals surface area contributed by atoms with Gasteiger partial charge in [-0.25, -0.2) is 0 Å². The largest absolute Gasteiger partial charge is 2.00 e. The molecule has 0 bridgehead atoms. The summed E-state index contributed by atoms with van der Waals surface area (Å²) in [4.78, 5) is 39.0. The van der Waals surface area contributed by atoms with Crippen LogP contribution >= 0.6 is 0 Å². The zero-order chi connectivity index (χ0) is 38.8. The Morgan fingerprint density at radius 1 is 0.482 bits per heavy atom. The topological polar surface area (TPSA) is 228 Å². The van der Waals surface area contributed by atoms with Gasteiger partial charge in [0.25, 0.3) is 11.4 Å². The van der Waals surface area contributed by atoms with Crippen LogP contribution in [0.15, 0.2) is 130 Å². The van der Waals surface area contributed by atoms with Gasteiger partial charge in [0.2, 0.25) is 0 Å². The summed E-state index contributed by atoms with van der Waals surface area (Å²) in [5.41, 5.74) is 0.224. The van der Waals surface area contributed by atoms with Crippen molar-refractivity contribution in [3.8, 4) is 23.0 Å². The third kappa shape index (κ3) is 10.4. The molecule has 14 nitrogen and oxygen atoms in total. The molecule has 0 radical (unpaired) electrons. The Morgan fingerprint density at radius 2 is 0.768 bits per heavy atom. The van der Waals surface area contributed by atoms with Crippen molar-refractivity contribution in [3.05, 3.63) is 164 Å². The Balaban J connectivity index is 0.00000420. The molecule has 0 atom stereocenters. The van der Waals surface area contributed by atoms with E-state index in [9.17, 15) is 40.7 Å². The molecule has 0 saturated heterocycles. The predicted molar refractivity (Wildman–Crippen MR) is 200 cm³/mol. The van der Waals surface area contributed by atoms with Crippen LogP contribution in [-0.2, 0) is 51.8 Å². The van der Waals surface area contributed by atoms with E-state index in [2.05, 4.69) is 33.1 Å². The molecule has 16 heteroatoms. The van der Waals surface area contributed by atoms with Gasteiger partial charge >= 0.3 is 39.0 Å². The van der Waals surface area contributed by atoms with Gasteiger partial charge in [-0.05, 0) is 58.7 Å². The molecule has 5 aromatic rings. The fraction of sp³-hybridized carbons (Fsp3) is 0.0500. The maximum Gasteiger partial charge on any atom is 2.00 e. The molecule has 0 aliphatic heterocycles. The van der Waals surface area contributed by atoms with E-state index in [1.807, 2.05) is 0 Å². The average Bonchev–Trinajstić information content (AvgIpc) is 3.15. The Bertz CT molecular complexity index is 2250. The maximum atomic E-state index is 13.1. The van der Waals surface area contributed by atoms with E-state index in [0.29, 0.717) is 24.0 Å². The molecule has 0 aliphatic carbocycles. The van der Waals surface area contributed by atoms with E-state index in [-0.39, 0.29) is 95.5 Å². The van der Waals surface area contributed by atoms with Crippen molar-refractivity contribution in [1.29, 1.82) is 0 Å². The second-order valence-corrected chi connectivity index (χ2v) is 11.4. The summed E-state index contributed by atoms with van der Waals surface area (Å²) in [5, 5.41) is 74.6. The number of nitro groups is 2. The number of hydrogen-bond donors (Lipinski definition) is 0. The summed E-state index contributed by atoms with van der Waals surface area (Å²) in [6.07, 6.45) is 8.68. The van der Waals surface area contributed by atoms with Gasteiger partial charge in [-0.3, -0.25) is 40.2 Å². The normalized spacial score (nSPS) is 11.1. The van der Waals surface area contributed by atoms with Crippen LogP contribution in [-0.4, -0.2) is 34.7 Å². The SMILES string of the molecule is C=CCc1cccc(C=Nc2cc(N=Cc3cccc(CC=C)c3[O-])c(N=Cc3cccc([N+](=O)[O-])c3[O-])cc2N=Cc2cccc([N+](=O)[O-])c2[O-])c1[O-].[Zn+2].[Zn+2]. The fourth-order valence-corrected chi connectivity index (χ4v) is 5.15. The van der Waals surface area contributed by atoms with Crippen LogP contribution in [0.25, 0.3) is 0 Å². The number of para-hydroxylation sites is 4. The third-order valence-electron chi connectivity index (χ3n) is 7.87. The van der Waals surface area contributed by atoms with Gasteiger partial charge in [0, 0.05) is 37.0 Å². The zero-order valence-electron chi connectivity index (χ0n) is 29.7. The molecule has 0 fully saturated rings. The van der Waals surface area contributed by atoms with Crippen LogP contribution in [0, 0.1) is 20.2 Å². The van der Waals surface area contributed by atoms with Crippen molar-refractivity contribution >= 4 is 59.0 Å². The molecule has 270 valence electrons. The minimum atomic E-state index is -0.883. The van der Waals surface area contributed by atoms with Crippen LogP contribution in [0.4, 0.5) is 34.1 Å². The summed E-state index contributed by atoms with van der Waals surface area (Å²) in [6, 6.07) is 20.1. The fourth-order valence-electron chi connectivity index (χ4n) is 5.15. The first-order valence-corrected chi connectivity index (χ1v) is 16.0. The molecular formula is C40H28N6O8Zn2. The number of rotatable bonds is 14. The van der Waals surface area contributed by atoms with Gasteiger partial charge in [-0.15, -0.1) is 13.2 Å². The monoisotopic (exact) mass is 848 g/mol. The summed E-state index contributed by atoms with van der Waals surface area (Å²) in [6.45, 7) is 7.36. The molecule has 0 saturated carbocycles. The maximum absolute atomic E-state index is 13.1. The van der Waals surface area contributed by atoms with Crippen molar-refractivity contribution in [2.24, 2.45) is 20.0 Å². The van der Waals surface area contributed by atoms with Crippen LogP contribution in [0.5, 0.6) is 23.0 Å². The first-order valence-electron chi connectivity index (χ1n) is 16.0. The molecular weight excluding hydrogens is 823 g/mol. The second kappa shape index (κ2) is 20.3. The van der Waals surface area contributed by atoms with Gasteiger partial charge in [-0.2, -0.15) is 0 Å². The van der Waals surface area contributed by atoms with E-state index < -0.39 is 32.7 Å². The molecule has 0 N–H and O–H groups in total. The minimum Gasteiger partial charge on any atom is -0.872 e. The van der Waals surface area contributed by atoms with Crippen LogP contribution < -0.4 is 20.4 Å². The van der Waals surface area contributed by atoms with E-state index in [1.54, 1.807) is 48.6 Å². The van der Waals surface area contributed by atoms with Crippen LogP contribution in [0.2, 0.25) is 0 Å². The zero-order valence-corrected chi connectivity index (χ0v) is 35.7. The van der Waals surface area contributed by atoms with E-state index >= 15 is 0 Å². The molecule has 0 amide bonds. The van der Waals surface area contributed by atoms with Crippen molar-refractivity contribution in [3.63, 3.8) is 0 Å². The smallest absolute Gasteiger partial charge is 0.872 e. The van der Waals surface area contributed by atoms with Gasteiger partial charge in [0.1, 0.15) is 0 Å². The van der Waals surface area contributed by atoms with Gasteiger partial charge in [-0.1, -0.05) is 95.4 Å². The van der Waals surface area contributed by atoms with E-state index in [1.165, 1.54) is 48.8 Å². The van der Waals surface area contributed by atoms with E-state index in [0.717, 1.165) is 24.6 Å². The Hall–Kier alpha value is -6.49. The summed E-state index contributed by atoms with van der Waals surface area (Å²) in [5.74, 6) is -2.34. The van der Waals surface area contributed by atoms with Crippen LogP contribution in [0.1, 0.15) is 33.4 Å². The van der Waals surface area contributed by atoms with Gasteiger partial charge < -0.3 is 20.4 Å². The molecule has 0 aliphatic rings. The number of allylic oxidation sites excluding steroid dienone is 2. The summed E-state index contributed by atoms with van der Waals surface area (Å²) < 4.78 is 0. The first kappa shape index (κ1) is 43.9. The minimum absolute atomic E-state index is 0. The van der Waals surface area contributed by atoms with Gasteiger partial charge in [0.05, 0.1) is 32.6 Å². The van der Waals surface area contributed by atoms with Crippen LogP contribution in [0.3, 0.4) is 0 Å². The van der Waals surface area contributed by atoms with Crippen molar-refractivity contribution in [1.82, 2.24) is 0 Å². The quantitative estimate of drug-likeness (QED) is 0.0407. The number of aliphatic imine (C=N–C) groups is 4. The molecule has 5 aromatic carbocycles. The molecule has 5 rings (SSSR count). The molecule has 56 heavy (non-hydrogen) atoms. The molecule has 0 aromatic heterocycles. The predicted octanol–water partition coefficient (Wildman–Crippen LogP) is 6.25. The Kier molecular flexibility index (Phi) is 15.9. The van der Waals surface area contributed by atoms with Crippen molar-refractivity contribution in [2.75, 3.05) is 0 Å². The number of hydrogen-bond acceptors (Lipinski definition) is 12. The molecule has 0 unspecified atom stereocenters. The summed E-state index contributed by atoms with van der Waals surface area (Å²) >= 11 is 0. The summed E-state index contributed by atoms with van der Waals surface area (Å²) in [7, 11) is 0. The molecule has 0 heterocycles.